The normalized spacial score (nSPS) is 25.5. The summed E-state index contributed by atoms with van der Waals surface area (Å²) in [6.45, 7) is 24.5. The van der Waals surface area contributed by atoms with Crippen LogP contribution in [0.1, 0.15) is 161 Å². The summed E-state index contributed by atoms with van der Waals surface area (Å²) >= 11 is 0. The highest BCUT2D eigenvalue weighted by molar-refractivity contribution is 5.85. The van der Waals surface area contributed by atoms with Crippen molar-refractivity contribution in [2.45, 2.75) is 191 Å². The zero-order chi connectivity index (χ0) is 61.0. The molecule has 81 heavy (non-hydrogen) atoms. The summed E-state index contributed by atoms with van der Waals surface area (Å²) in [5, 5.41) is 0. The van der Waals surface area contributed by atoms with Crippen LogP contribution in [0.3, 0.4) is 0 Å². The van der Waals surface area contributed by atoms with E-state index in [1.54, 1.807) is 41.5 Å². The molecule has 2 aliphatic carbocycles. The third-order valence-corrected chi connectivity index (χ3v) is 15.7. The van der Waals surface area contributed by atoms with Gasteiger partial charge in [0.05, 0.1) is 67.0 Å². The number of carbonyl (C=O) groups excluding carboxylic acids is 12. The van der Waals surface area contributed by atoms with Crippen molar-refractivity contribution in [2.75, 3.05) is 46.2 Å². The molecule has 7 aliphatic rings. The van der Waals surface area contributed by atoms with Gasteiger partial charge in [0.1, 0.15) is 6.10 Å². The van der Waals surface area contributed by atoms with Gasteiger partial charge in [-0.05, 0) is 92.4 Å². The molecule has 24 nitrogen and oxygen atoms in total. The predicted octanol–water partition coefficient (Wildman–Crippen LogP) is 5.59. The van der Waals surface area contributed by atoms with E-state index in [9.17, 15) is 57.5 Å². The summed E-state index contributed by atoms with van der Waals surface area (Å²) in [6.07, 6.45) is 4.02. The van der Waals surface area contributed by atoms with Crippen LogP contribution in [0.2, 0.25) is 0 Å². The van der Waals surface area contributed by atoms with Crippen LogP contribution in [0.25, 0.3) is 0 Å². The number of hydrogen-bond donors (Lipinski definition) is 0. The first kappa shape index (κ1) is 68.9. The summed E-state index contributed by atoms with van der Waals surface area (Å²) in [5.41, 5.74) is -1.58. The number of fused-ring (bicyclic) bond motifs is 1. The van der Waals surface area contributed by atoms with E-state index < -0.39 is 102 Å². The van der Waals surface area contributed by atoms with Gasteiger partial charge in [-0.25, -0.2) is 28.8 Å². The molecule has 7 rings (SSSR count). The minimum Gasteiger partial charge on any atom is -0.465 e. The van der Waals surface area contributed by atoms with Crippen LogP contribution in [-0.4, -0.2) is 148 Å². The minimum absolute atomic E-state index is 0.00814. The van der Waals surface area contributed by atoms with Gasteiger partial charge in [0.2, 0.25) is 24.4 Å². The first-order valence-corrected chi connectivity index (χ1v) is 28.2. The maximum absolute atomic E-state index is 12.0. The van der Waals surface area contributed by atoms with E-state index >= 15 is 0 Å². The predicted molar refractivity (Wildman–Crippen MR) is 279 cm³/mol. The fraction of sp³-hybridized carbons (Fsp3) is 0.789. The lowest BCUT2D eigenvalue weighted by Crippen LogP contribution is -2.34. The summed E-state index contributed by atoms with van der Waals surface area (Å²) in [7, 11) is 0. The molecule has 0 spiro atoms. The molecule has 5 aliphatic heterocycles. The molecule has 2 bridgehead atoms. The van der Waals surface area contributed by atoms with Gasteiger partial charge in [0.25, 0.3) is 0 Å². The Labute approximate surface area is 473 Å². The Bertz CT molecular complexity index is 2230. The lowest BCUT2D eigenvalue weighted by atomic mass is 9.82. The van der Waals surface area contributed by atoms with Crippen molar-refractivity contribution in [1.29, 1.82) is 0 Å². The SMILES string of the molecule is CCC(C)(C)C(=O)OC1CCOC1=O.CCC(C)(C)C(=O)OCC(=O)OC1CCOC1=O.CCC(C)(C)C(=O)OCC1C2CC3C(=O)OC1C3C2.CCC(C)C(=O)OC1CCOC1=O.CCC(C)C(=O)OCC(=O)OC1CCOC1=O. The smallest absolute Gasteiger partial charge is 0.347 e. The van der Waals surface area contributed by atoms with Crippen LogP contribution >= 0.6 is 0 Å². The first-order chi connectivity index (χ1) is 38.0. The van der Waals surface area contributed by atoms with E-state index in [-0.39, 0.29) is 66.9 Å². The van der Waals surface area contributed by atoms with Crippen LogP contribution < -0.4 is 0 Å². The van der Waals surface area contributed by atoms with Gasteiger partial charge in [0.15, 0.2) is 13.2 Å². The molecular formula is C57H86O24. The fourth-order valence-corrected chi connectivity index (χ4v) is 8.30. The Morgan fingerprint density at radius 2 is 0.864 bits per heavy atom. The lowest BCUT2D eigenvalue weighted by molar-refractivity contribution is -0.170. The topological polar surface area (TPSA) is 316 Å². The number of carbonyl (C=O) groups is 12. The van der Waals surface area contributed by atoms with E-state index in [1.165, 1.54) is 0 Å². The molecule has 458 valence electrons. The van der Waals surface area contributed by atoms with Gasteiger partial charge in [-0.1, -0.05) is 48.5 Å². The highest BCUT2D eigenvalue weighted by Gasteiger charge is 2.62. The second-order valence-electron chi connectivity index (χ2n) is 22.8. The fourth-order valence-electron chi connectivity index (χ4n) is 8.30. The van der Waals surface area contributed by atoms with Crippen molar-refractivity contribution in [3.8, 4) is 0 Å². The van der Waals surface area contributed by atoms with Crippen molar-refractivity contribution in [3.63, 3.8) is 0 Å². The number of hydrogen-bond acceptors (Lipinski definition) is 24. The third-order valence-electron chi connectivity index (χ3n) is 15.7. The van der Waals surface area contributed by atoms with Crippen molar-refractivity contribution < 1.29 is 114 Å². The molecule has 0 radical (unpaired) electrons. The molecule has 5 saturated heterocycles. The molecule has 5 heterocycles. The Kier molecular flexibility index (Phi) is 27.0. The summed E-state index contributed by atoms with van der Waals surface area (Å²) in [6, 6.07) is 0. The van der Waals surface area contributed by atoms with E-state index in [1.807, 2.05) is 48.5 Å². The molecule has 2 saturated carbocycles. The Morgan fingerprint density at radius 1 is 0.481 bits per heavy atom. The molecule has 0 aromatic heterocycles. The van der Waals surface area contributed by atoms with Crippen molar-refractivity contribution in [3.05, 3.63) is 0 Å². The number of rotatable bonds is 20. The van der Waals surface area contributed by atoms with Crippen molar-refractivity contribution in [2.24, 2.45) is 51.8 Å². The molecule has 0 aromatic rings. The van der Waals surface area contributed by atoms with Crippen LogP contribution in [-0.2, 0) is 114 Å². The average molecular weight is 1160 g/mol. The third kappa shape index (κ3) is 20.5. The molecule has 24 heteroatoms. The minimum atomic E-state index is -0.865. The van der Waals surface area contributed by atoms with Crippen molar-refractivity contribution in [1.82, 2.24) is 0 Å². The Morgan fingerprint density at radius 3 is 1.27 bits per heavy atom. The first-order valence-electron chi connectivity index (χ1n) is 28.2. The van der Waals surface area contributed by atoms with E-state index in [4.69, 9.17) is 42.6 Å². The van der Waals surface area contributed by atoms with Gasteiger partial charge < -0.3 is 56.8 Å². The Balaban J connectivity index is 0.000000268. The van der Waals surface area contributed by atoms with Gasteiger partial charge >= 0.3 is 71.6 Å². The van der Waals surface area contributed by atoms with Gasteiger partial charge in [-0.15, -0.1) is 0 Å². The molecule has 11 atom stereocenters. The Hall–Kier alpha value is -6.36. The highest BCUT2D eigenvalue weighted by Crippen LogP contribution is 2.57. The number of cyclic esters (lactones) is 4. The number of ether oxygens (including phenoxy) is 12. The molecule has 0 aromatic carbocycles. The maximum Gasteiger partial charge on any atom is 0.347 e. The summed E-state index contributed by atoms with van der Waals surface area (Å²) in [5.74, 6) is -4.28. The number of esters is 12. The van der Waals surface area contributed by atoms with Gasteiger partial charge in [-0.2, -0.15) is 0 Å². The summed E-state index contributed by atoms with van der Waals surface area (Å²) < 4.78 is 58.8. The van der Waals surface area contributed by atoms with Crippen LogP contribution in [0.5, 0.6) is 0 Å². The zero-order valence-electron chi connectivity index (χ0n) is 49.4. The van der Waals surface area contributed by atoms with Crippen LogP contribution in [0.4, 0.5) is 0 Å². The maximum atomic E-state index is 12.0. The van der Waals surface area contributed by atoms with E-state index in [0.717, 1.165) is 25.7 Å². The highest BCUT2D eigenvalue weighted by atomic mass is 16.6. The van der Waals surface area contributed by atoms with Gasteiger partial charge in [-0.3, -0.25) is 28.8 Å². The molecule has 0 N–H and O–H groups in total. The quantitative estimate of drug-likeness (QED) is 0.106. The lowest BCUT2D eigenvalue weighted by Gasteiger charge is -2.27. The van der Waals surface area contributed by atoms with Gasteiger partial charge in [0, 0.05) is 37.5 Å². The standard InChI is InChI=1S/C15H22O4.C12H18O6.C11H16O6.C10H16O4.C9H14O4/c1-4-15(2,3)14(17)18-7-11-8-5-9-10(6-8)13(16)19-12(9)11;1-4-12(2,3)11(15)17-7-9(13)18-8-5-6-16-10(8)14;1-3-7(2)10(13)16-6-9(12)17-8-4-5-15-11(8)14;1-4-10(2,3)9(12)14-7-5-6-13-8(7)11;1-3-6(2)8(10)13-7-4-5-12-9(7)11/h8-12H,4-7H2,1-3H3;8H,4-7H2,1-3H3;7-8H,3-6H2,1-2H3;7H,4-6H2,1-3H3;6-7H,3-5H2,1-2H3. The molecule has 0 amide bonds. The molecular weight excluding hydrogens is 1070 g/mol. The zero-order valence-corrected chi connectivity index (χ0v) is 49.4. The van der Waals surface area contributed by atoms with E-state index in [2.05, 4.69) is 14.2 Å². The largest absolute Gasteiger partial charge is 0.465 e. The van der Waals surface area contributed by atoms with Crippen LogP contribution in [0.15, 0.2) is 0 Å². The second kappa shape index (κ2) is 31.7. The molecule has 7 fully saturated rings. The second-order valence-corrected chi connectivity index (χ2v) is 22.8. The monoisotopic (exact) mass is 1150 g/mol. The van der Waals surface area contributed by atoms with Crippen molar-refractivity contribution >= 4 is 71.6 Å². The molecule has 11 unspecified atom stereocenters. The van der Waals surface area contributed by atoms with E-state index in [0.29, 0.717) is 76.6 Å². The average Bonchev–Trinajstić information content (AvgIpc) is 4.38. The summed E-state index contributed by atoms with van der Waals surface area (Å²) in [4.78, 5) is 136. The van der Waals surface area contributed by atoms with Crippen LogP contribution in [0, 0.1) is 51.8 Å².